The van der Waals surface area contributed by atoms with Gasteiger partial charge >= 0.3 is 0 Å². The van der Waals surface area contributed by atoms with Crippen LogP contribution in [0.2, 0.25) is 0 Å². The maximum atomic E-state index is 4.49. The van der Waals surface area contributed by atoms with Gasteiger partial charge < -0.3 is 15.1 Å². The van der Waals surface area contributed by atoms with Gasteiger partial charge in [-0.15, -0.1) is 0 Å². The van der Waals surface area contributed by atoms with Crippen LogP contribution in [0.1, 0.15) is 12.5 Å². The zero-order chi connectivity index (χ0) is 18.6. The third kappa shape index (κ3) is 3.78. The van der Waals surface area contributed by atoms with Gasteiger partial charge in [-0.2, -0.15) is 0 Å². The summed E-state index contributed by atoms with van der Waals surface area (Å²) in [4.78, 5) is 18.2. The van der Waals surface area contributed by atoms with Crippen molar-refractivity contribution in [2.45, 2.75) is 13.8 Å². The number of nitrogens with one attached hydrogen (secondary N) is 1. The number of nitrogens with zero attached hydrogens (tertiary/aromatic N) is 6. The molecule has 1 aromatic carbocycles. The van der Waals surface area contributed by atoms with Gasteiger partial charge in [-0.05, 0) is 25.1 Å². The van der Waals surface area contributed by atoms with Crippen molar-refractivity contribution in [1.82, 2.24) is 24.4 Å². The largest absolute Gasteiger partial charge is 0.354 e. The van der Waals surface area contributed by atoms with Gasteiger partial charge in [-0.25, -0.2) is 15.0 Å². The molecule has 0 bridgehead atoms. The highest BCUT2D eigenvalue weighted by molar-refractivity contribution is 5.60. The van der Waals surface area contributed by atoms with E-state index in [0.717, 1.165) is 56.0 Å². The fraction of sp³-hybridized carbons (Fsp3) is 0.350. The number of para-hydroxylation sites is 1. The van der Waals surface area contributed by atoms with Gasteiger partial charge in [0, 0.05) is 50.3 Å². The molecular formula is C20H25N7. The molecule has 3 heterocycles. The molecule has 1 fully saturated rings. The Labute approximate surface area is 159 Å². The van der Waals surface area contributed by atoms with Crippen molar-refractivity contribution < 1.29 is 0 Å². The van der Waals surface area contributed by atoms with Gasteiger partial charge in [-0.1, -0.05) is 25.1 Å². The first-order valence-corrected chi connectivity index (χ1v) is 9.40. The summed E-state index contributed by atoms with van der Waals surface area (Å²) in [7, 11) is 0. The second-order valence-corrected chi connectivity index (χ2v) is 6.72. The summed E-state index contributed by atoms with van der Waals surface area (Å²) >= 11 is 0. The Kier molecular flexibility index (Phi) is 5.02. The number of likely N-dealkylation sites (N-methyl/N-ethyl adjacent to an activating group) is 1. The van der Waals surface area contributed by atoms with Crippen LogP contribution < -0.4 is 10.2 Å². The Morgan fingerprint density at radius 2 is 1.78 bits per heavy atom. The van der Waals surface area contributed by atoms with Gasteiger partial charge in [0.05, 0.1) is 0 Å². The van der Waals surface area contributed by atoms with Crippen LogP contribution in [-0.4, -0.2) is 57.1 Å². The van der Waals surface area contributed by atoms with E-state index in [0.29, 0.717) is 0 Å². The molecule has 0 spiro atoms. The van der Waals surface area contributed by atoms with Crippen molar-refractivity contribution in [3.05, 3.63) is 54.6 Å². The summed E-state index contributed by atoms with van der Waals surface area (Å²) in [6.07, 6.45) is 5.33. The molecule has 1 saturated heterocycles. The molecule has 0 saturated carbocycles. The zero-order valence-corrected chi connectivity index (χ0v) is 15.8. The highest BCUT2D eigenvalue weighted by Gasteiger charge is 2.18. The lowest BCUT2D eigenvalue weighted by Crippen LogP contribution is -2.46. The summed E-state index contributed by atoms with van der Waals surface area (Å²) in [5.41, 5.74) is 2.21. The average molecular weight is 363 g/mol. The predicted molar refractivity (Wildman–Crippen MR) is 108 cm³/mol. The van der Waals surface area contributed by atoms with Crippen molar-refractivity contribution in [3.8, 4) is 5.82 Å². The number of imidazole rings is 1. The van der Waals surface area contributed by atoms with Crippen molar-refractivity contribution in [1.29, 1.82) is 0 Å². The molecule has 140 valence electrons. The summed E-state index contributed by atoms with van der Waals surface area (Å²) < 4.78 is 1.96. The molecule has 27 heavy (non-hydrogen) atoms. The number of piperazine rings is 1. The van der Waals surface area contributed by atoms with E-state index in [1.54, 1.807) is 12.5 Å². The number of aryl methyl sites for hydroxylation is 1. The Hall–Kier alpha value is -2.93. The van der Waals surface area contributed by atoms with Crippen LogP contribution in [0.3, 0.4) is 0 Å². The van der Waals surface area contributed by atoms with Crippen molar-refractivity contribution in [3.63, 3.8) is 0 Å². The first-order chi connectivity index (χ1) is 13.2. The van der Waals surface area contributed by atoms with Crippen molar-refractivity contribution >= 4 is 17.5 Å². The molecule has 1 N–H and O–H groups in total. The van der Waals surface area contributed by atoms with E-state index in [1.165, 1.54) is 5.56 Å². The zero-order valence-electron chi connectivity index (χ0n) is 15.8. The molecule has 0 unspecified atom stereocenters. The Morgan fingerprint density at radius 3 is 2.56 bits per heavy atom. The number of anilines is 3. The molecule has 0 radical (unpaired) electrons. The number of hydrogen-bond acceptors (Lipinski definition) is 6. The van der Waals surface area contributed by atoms with Gasteiger partial charge in [0.15, 0.2) is 0 Å². The van der Waals surface area contributed by atoms with Crippen LogP contribution in [0.5, 0.6) is 0 Å². The molecule has 7 nitrogen and oxygen atoms in total. The lowest BCUT2D eigenvalue weighted by Gasteiger charge is -2.34. The van der Waals surface area contributed by atoms with Crippen molar-refractivity contribution in [2.75, 3.05) is 42.9 Å². The highest BCUT2D eigenvalue weighted by atomic mass is 15.3. The number of aromatic nitrogens is 4. The molecule has 7 heteroatoms. The third-order valence-electron chi connectivity index (χ3n) is 5.06. The predicted octanol–water partition coefficient (Wildman–Crippen LogP) is 2.86. The monoisotopic (exact) mass is 363 g/mol. The first-order valence-electron chi connectivity index (χ1n) is 9.40. The van der Waals surface area contributed by atoms with Crippen LogP contribution in [0.25, 0.3) is 5.82 Å². The Balaban J connectivity index is 1.57. The fourth-order valence-electron chi connectivity index (χ4n) is 3.35. The minimum Gasteiger partial charge on any atom is -0.354 e. The smallest absolute Gasteiger partial charge is 0.213 e. The maximum absolute atomic E-state index is 4.49. The standard InChI is InChI=1S/C20H25N7/c1-3-25-10-12-26(13-11-25)18-14-19(23-15-22-18)27-9-8-21-20(27)24-17-7-5-4-6-16(17)2/h4-9,14-15H,3,10-13H2,1-2H3,(H,21,24). The molecule has 1 aliphatic heterocycles. The van der Waals surface area contributed by atoms with E-state index < -0.39 is 0 Å². The van der Waals surface area contributed by atoms with Gasteiger partial charge in [-0.3, -0.25) is 4.57 Å². The maximum Gasteiger partial charge on any atom is 0.213 e. The van der Waals surface area contributed by atoms with E-state index in [1.807, 2.05) is 35.0 Å². The van der Waals surface area contributed by atoms with E-state index in [9.17, 15) is 0 Å². The van der Waals surface area contributed by atoms with Gasteiger partial charge in [0.25, 0.3) is 0 Å². The minimum absolute atomic E-state index is 0.741. The lowest BCUT2D eigenvalue weighted by atomic mass is 10.2. The fourth-order valence-corrected chi connectivity index (χ4v) is 3.35. The second kappa shape index (κ2) is 7.75. The molecular weight excluding hydrogens is 338 g/mol. The lowest BCUT2D eigenvalue weighted by molar-refractivity contribution is 0.270. The summed E-state index contributed by atoms with van der Waals surface area (Å²) in [5.74, 6) is 2.52. The highest BCUT2D eigenvalue weighted by Crippen LogP contribution is 2.22. The SMILES string of the molecule is CCN1CCN(c2cc(-n3ccnc3Nc3ccccc3C)ncn2)CC1. The molecule has 3 aromatic rings. The second-order valence-electron chi connectivity index (χ2n) is 6.72. The van der Waals surface area contributed by atoms with Crippen LogP contribution in [0, 0.1) is 6.92 Å². The van der Waals surface area contributed by atoms with Crippen LogP contribution in [-0.2, 0) is 0 Å². The number of hydrogen-bond donors (Lipinski definition) is 1. The summed E-state index contributed by atoms with van der Waals surface area (Å²) in [6, 6.07) is 10.2. The van der Waals surface area contributed by atoms with E-state index in [4.69, 9.17) is 0 Å². The van der Waals surface area contributed by atoms with Crippen LogP contribution in [0.15, 0.2) is 49.1 Å². The number of rotatable bonds is 5. The normalized spacial score (nSPS) is 15.1. The topological polar surface area (TPSA) is 62.1 Å². The van der Waals surface area contributed by atoms with E-state index >= 15 is 0 Å². The quantitative estimate of drug-likeness (QED) is 0.752. The van der Waals surface area contributed by atoms with Gasteiger partial charge in [0.1, 0.15) is 18.0 Å². The summed E-state index contributed by atoms with van der Waals surface area (Å²) in [5, 5.41) is 3.40. The van der Waals surface area contributed by atoms with Gasteiger partial charge in [0.2, 0.25) is 5.95 Å². The molecule has 0 aliphatic carbocycles. The Bertz CT molecular complexity index is 897. The third-order valence-corrected chi connectivity index (χ3v) is 5.06. The minimum atomic E-state index is 0.741. The summed E-state index contributed by atoms with van der Waals surface area (Å²) in [6.45, 7) is 9.51. The molecule has 1 aliphatic rings. The van der Waals surface area contributed by atoms with Crippen LogP contribution >= 0.6 is 0 Å². The molecule has 0 atom stereocenters. The molecule has 0 amide bonds. The molecule has 2 aromatic heterocycles. The average Bonchev–Trinajstić information content (AvgIpc) is 3.18. The van der Waals surface area contributed by atoms with E-state index in [2.05, 4.69) is 50.0 Å². The Morgan fingerprint density at radius 1 is 1.00 bits per heavy atom. The number of benzene rings is 1. The van der Waals surface area contributed by atoms with Crippen LogP contribution in [0.4, 0.5) is 17.5 Å². The van der Waals surface area contributed by atoms with E-state index in [-0.39, 0.29) is 0 Å². The first kappa shape index (κ1) is 17.5. The molecule has 4 rings (SSSR count). The van der Waals surface area contributed by atoms with Crippen molar-refractivity contribution in [2.24, 2.45) is 0 Å².